The minimum absolute atomic E-state index is 0.0323. The van der Waals surface area contributed by atoms with Crippen LogP contribution >= 0.6 is 0 Å². The van der Waals surface area contributed by atoms with Gasteiger partial charge in [0.25, 0.3) is 0 Å². The molecule has 3 aromatic carbocycles. The Hall–Kier alpha value is -3.44. The summed E-state index contributed by atoms with van der Waals surface area (Å²) in [4.78, 5) is 30.4. The topological polar surface area (TPSA) is 49.9 Å². The van der Waals surface area contributed by atoms with Crippen molar-refractivity contribution in [3.63, 3.8) is 0 Å². The Morgan fingerprint density at radius 1 is 0.829 bits per heavy atom. The summed E-state index contributed by atoms with van der Waals surface area (Å²) in [6.45, 7) is 2.60. The van der Waals surface area contributed by atoms with Crippen molar-refractivity contribution in [3.8, 4) is 0 Å². The van der Waals surface area contributed by atoms with Crippen molar-refractivity contribution in [2.75, 3.05) is 26.2 Å². The van der Waals surface area contributed by atoms with Crippen LogP contribution in [0.25, 0.3) is 0 Å². The van der Waals surface area contributed by atoms with Crippen molar-refractivity contribution in [1.29, 1.82) is 0 Å². The fourth-order valence-corrected chi connectivity index (χ4v) is 5.38. The molecule has 2 aliphatic rings. The van der Waals surface area contributed by atoms with E-state index < -0.39 is 5.60 Å². The van der Waals surface area contributed by atoms with E-state index in [0.717, 1.165) is 36.0 Å². The van der Waals surface area contributed by atoms with Crippen LogP contribution in [0.15, 0.2) is 91.0 Å². The average Bonchev–Trinajstić information content (AvgIpc) is 3.11. The molecule has 2 amide bonds. The maximum Gasteiger partial charge on any atom is 0.248 e. The zero-order valence-corrected chi connectivity index (χ0v) is 20.0. The van der Waals surface area contributed by atoms with E-state index in [0.29, 0.717) is 26.2 Å². The summed E-state index contributed by atoms with van der Waals surface area (Å²) in [6.07, 6.45) is 2.43. The number of ether oxygens (including phenoxy) is 1. The van der Waals surface area contributed by atoms with Crippen LogP contribution in [0.1, 0.15) is 41.9 Å². The van der Waals surface area contributed by atoms with Gasteiger partial charge in [0, 0.05) is 19.6 Å². The Bertz CT molecular complexity index is 1100. The molecule has 5 nitrogen and oxygen atoms in total. The van der Waals surface area contributed by atoms with Gasteiger partial charge >= 0.3 is 0 Å². The number of carbonyl (C=O) groups excluding carboxylic acids is 2. The Kier molecular flexibility index (Phi) is 6.96. The molecule has 180 valence electrons. The second-order valence-electron chi connectivity index (χ2n) is 9.64. The van der Waals surface area contributed by atoms with Crippen molar-refractivity contribution in [2.24, 2.45) is 0 Å². The lowest BCUT2D eigenvalue weighted by Crippen LogP contribution is -2.54. The van der Waals surface area contributed by atoms with Gasteiger partial charge in [-0.1, -0.05) is 91.0 Å². The van der Waals surface area contributed by atoms with Crippen LogP contribution < -0.4 is 0 Å². The SMILES string of the molecule is O=C1COC2(CCCN(C(=O)C(c3ccccc3)c3ccccc3)CC2)CN1Cc1ccccc1. The molecule has 2 fully saturated rings. The van der Waals surface area contributed by atoms with Gasteiger partial charge in [-0.25, -0.2) is 0 Å². The highest BCUT2D eigenvalue weighted by Crippen LogP contribution is 2.33. The van der Waals surface area contributed by atoms with Crippen molar-refractivity contribution >= 4 is 11.8 Å². The normalized spacial score (nSPS) is 20.8. The molecule has 0 aliphatic carbocycles. The predicted octanol–water partition coefficient (Wildman–Crippen LogP) is 4.63. The van der Waals surface area contributed by atoms with E-state index in [2.05, 4.69) is 12.1 Å². The fraction of sp³-hybridized carbons (Fsp3) is 0.333. The van der Waals surface area contributed by atoms with Gasteiger partial charge in [0.1, 0.15) is 6.61 Å². The highest BCUT2D eigenvalue weighted by Gasteiger charge is 2.42. The van der Waals surface area contributed by atoms with Gasteiger partial charge in [-0.3, -0.25) is 9.59 Å². The average molecular weight is 469 g/mol. The molecule has 1 atom stereocenters. The van der Waals surface area contributed by atoms with Crippen LogP contribution in [0.5, 0.6) is 0 Å². The monoisotopic (exact) mass is 468 g/mol. The van der Waals surface area contributed by atoms with Crippen LogP contribution in [-0.4, -0.2) is 53.5 Å². The summed E-state index contributed by atoms with van der Waals surface area (Å²) in [5, 5.41) is 0. The van der Waals surface area contributed by atoms with Crippen molar-refractivity contribution in [3.05, 3.63) is 108 Å². The Labute approximate surface area is 207 Å². The van der Waals surface area contributed by atoms with Crippen LogP contribution in [0, 0.1) is 0 Å². The molecular formula is C30H32N2O3. The van der Waals surface area contributed by atoms with Crippen molar-refractivity contribution < 1.29 is 14.3 Å². The lowest BCUT2D eigenvalue weighted by atomic mass is 9.90. The molecule has 0 N–H and O–H groups in total. The summed E-state index contributed by atoms with van der Waals surface area (Å²) < 4.78 is 6.20. The van der Waals surface area contributed by atoms with Crippen LogP contribution in [0.2, 0.25) is 0 Å². The summed E-state index contributed by atoms with van der Waals surface area (Å²) in [6, 6.07) is 30.2. The van der Waals surface area contributed by atoms with Gasteiger partial charge in [-0.2, -0.15) is 0 Å². The molecule has 5 rings (SSSR count). The molecule has 35 heavy (non-hydrogen) atoms. The Balaban J connectivity index is 1.32. The van der Waals surface area contributed by atoms with Gasteiger partial charge < -0.3 is 14.5 Å². The molecule has 1 unspecified atom stereocenters. The molecule has 1 spiro atoms. The van der Waals surface area contributed by atoms with Gasteiger partial charge in [0.15, 0.2) is 0 Å². The number of nitrogens with zero attached hydrogens (tertiary/aromatic N) is 2. The van der Waals surface area contributed by atoms with Gasteiger partial charge in [-0.15, -0.1) is 0 Å². The van der Waals surface area contributed by atoms with Gasteiger partial charge in [0.2, 0.25) is 11.8 Å². The lowest BCUT2D eigenvalue weighted by molar-refractivity contribution is -0.167. The van der Waals surface area contributed by atoms with Crippen LogP contribution in [0.3, 0.4) is 0 Å². The van der Waals surface area contributed by atoms with E-state index in [-0.39, 0.29) is 24.3 Å². The fourth-order valence-electron chi connectivity index (χ4n) is 5.38. The molecule has 0 bridgehead atoms. The van der Waals surface area contributed by atoms with E-state index in [9.17, 15) is 9.59 Å². The number of benzene rings is 3. The number of morpholine rings is 1. The van der Waals surface area contributed by atoms with E-state index in [1.807, 2.05) is 88.7 Å². The molecule has 5 heteroatoms. The maximum atomic E-state index is 13.9. The number of hydrogen-bond acceptors (Lipinski definition) is 3. The van der Waals surface area contributed by atoms with E-state index in [4.69, 9.17) is 4.74 Å². The Morgan fingerprint density at radius 2 is 1.43 bits per heavy atom. The smallest absolute Gasteiger partial charge is 0.248 e. The summed E-state index contributed by atoms with van der Waals surface area (Å²) >= 11 is 0. The third-order valence-electron chi connectivity index (χ3n) is 7.27. The number of carbonyl (C=O) groups is 2. The summed E-state index contributed by atoms with van der Waals surface area (Å²) in [7, 11) is 0. The zero-order valence-electron chi connectivity index (χ0n) is 20.0. The van der Waals surface area contributed by atoms with Crippen LogP contribution in [-0.2, 0) is 20.9 Å². The Morgan fingerprint density at radius 3 is 2.06 bits per heavy atom. The highest BCUT2D eigenvalue weighted by atomic mass is 16.5. The van der Waals surface area contributed by atoms with Gasteiger partial charge in [0.05, 0.1) is 18.1 Å². The van der Waals surface area contributed by atoms with Crippen molar-refractivity contribution in [1.82, 2.24) is 9.80 Å². The first-order valence-corrected chi connectivity index (χ1v) is 12.5. The second kappa shape index (κ2) is 10.4. The van der Waals surface area contributed by atoms with E-state index in [1.165, 1.54) is 0 Å². The number of hydrogen-bond donors (Lipinski definition) is 0. The lowest BCUT2D eigenvalue weighted by Gasteiger charge is -2.42. The quantitative estimate of drug-likeness (QED) is 0.549. The van der Waals surface area contributed by atoms with E-state index in [1.54, 1.807) is 0 Å². The predicted molar refractivity (Wildman–Crippen MR) is 136 cm³/mol. The maximum absolute atomic E-state index is 13.9. The molecule has 2 aliphatic heterocycles. The minimum atomic E-state index is -0.396. The number of amides is 2. The highest BCUT2D eigenvalue weighted by molar-refractivity contribution is 5.87. The summed E-state index contributed by atoms with van der Waals surface area (Å²) in [5.74, 6) is -0.160. The summed E-state index contributed by atoms with van der Waals surface area (Å²) in [5.41, 5.74) is 2.75. The molecule has 3 aromatic rings. The molecule has 2 saturated heterocycles. The first-order valence-electron chi connectivity index (χ1n) is 12.5. The minimum Gasteiger partial charge on any atom is -0.363 e. The first-order chi connectivity index (χ1) is 17.1. The molecule has 2 heterocycles. The first kappa shape index (κ1) is 23.3. The molecule has 0 radical (unpaired) electrons. The largest absolute Gasteiger partial charge is 0.363 e. The van der Waals surface area contributed by atoms with Gasteiger partial charge in [-0.05, 0) is 36.0 Å². The standard InChI is InChI=1S/C30H32N2O3/c33-27-22-35-30(23-32(27)21-24-11-4-1-5-12-24)17-10-19-31(20-18-30)29(34)28(25-13-6-2-7-14-25)26-15-8-3-9-16-26/h1-9,11-16,28H,10,17-23H2. The van der Waals surface area contributed by atoms with Crippen molar-refractivity contribution in [2.45, 2.75) is 37.3 Å². The number of rotatable bonds is 5. The van der Waals surface area contributed by atoms with Crippen LogP contribution in [0.4, 0.5) is 0 Å². The molecule has 0 saturated carbocycles. The van der Waals surface area contributed by atoms with E-state index >= 15 is 0 Å². The molecule has 0 aromatic heterocycles. The number of likely N-dealkylation sites (tertiary alicyclic amines) is 1. The third-order valence-corrected chi connectivity index (χ3v) is 7.27. The molecular weight excluding hydrogens is 436 g/mol. The second-order valence-corrected chi connectivity index (χ2v) is 9.64. The zero-order chi connectivity index (χ0) is 24.1. The third kappa shape index (κ3) is 5.30.